The molecule has 1 aliphatic carbocycles. The highest BCUT2D eigenvalue weighted by atomic mass is 35.5. The second-order valence-corrected chi connectivity index (χ2v) is 9.77. The number of ether oxygens (including phenoxy) is 1. The average Bonchev–Trinajstić information content (AvgIpc) is 3.50. The first kappa shape index (κ1) is 25.0. The number of nitrogens with one attached hydrogen (secondary N) is 1. The van der Waals surface area contributed by atoms with Crippen LogP contribution in [0.5, 0.6) is 11.8 Å². The summed E-state index contributed by atoms with van der Waals surface area (Å²) in [7, 11) is 0. The number of aromatic nitrogens is 2. The van der Waals surface area contributed by atoms with Crippen LogP contribution >= 0.6 is 11.6 Å². The van der Waals surface area contributed by atoms with Crippen LogP contribution in [-0.2, 0) is 6.42 Å². The summed E-state index contributed by atoms with van der Waals surface area (Å²) in [6.45, 7) is 8.87. The van der Waals surface area contributed by atoms with E-state index in [9.17, 15) is 0 Å². The van der Waals surface area contributed by atoms with E-state index in [2.05, 4.69) is 50.2 Å². The van der Waals surface area contributed by atoms with E-state index in [1.54, 1.807) is 0 Å². The lowest BCUT2D eigenvalue weighted by molar-refractivity contribution is 0.262. The standard InChI is InChI=1S/C28H30ClN7O/c1-3-5-20-16-24(31-18-20)32-25-17-26(36-12-10-35(11-13-36)9-4-8-30)34-28(33-25)37-23-7-6-21-14-19(2)15-22(21)27(23)29/h3,5-7,15-17H,4,9-14,18H2,1-2H3,(H,31,32,33,34)/b5-3+. The normalized spacial score (nSPS) is 17.4. The zero-order chi connectivity index (χ0) is 25.8. The Kier molecular flexibility index (Phi) is 7.54. The largest absolute Gasteiger partial charge is 0.423 e. The Morgan fingerprint density at radius 2 is 2.03 bits per heavy atom. The molecule has 0 saturated carbocycles. The van der Waals surface area contributed by atoms with Crippen LogP contribution in [0.15, 0.2) is 52.6 Å². The van der Waals surface area contributed by atoms with E-state index in [-0.39, 0.29) is 6.01 Å². The van der Waals surface area contributed by atoms with Crippen LogP contribution in [0.4, 0.5) is 11.6 Å². The Morgan fingerprint density at radius 3 is 2.81 bits per heavy atom. The molecule has 2 aromatic rings. The molecule has 37 heavy (non-hydrogen) atoms. The number of nitriles is 1. The molecule has 190 valence electrons. The highest BCUT2D eigenvalue weighted by molar-refractivity contribution is 6.33. The second-order valence-electron chi connectivity index (χ2n) is 9.40. The monoisotopic (exact) mass is 515 g/mol. The van der Waals surface area contributed by atoms with E-state index in [0.29, 0.717) is 29.6 Å². The van der Waals surface area contributed by atoms with Crippen molar-refractivity contribution < 1.29 is 4.74 Å². The number of allylic oxidation sites excluding steroid dienone is 2. The smallest absolute Gasteiger partial charge is 0.325 e. The van der Waals surface area contributed by atoms with Crippen LogP contribution in [0.1, 0.15) is 31.4 Å². The Morgan fingerprint density at radius 1 is 1.19 bits per heavy atom. The van der Waals surface area contributed by atoms with Gasteiger partial charge in [-0.25, -0.2) is 0 Å². The van der Waals surface area contributed by atoms with Gasteiger partial charge in [-0.15, -0.1) is 0 Å². The van der Waals surface area contributed by atoms with Gasteiger partial charge in [0.15, 0.2) is 0 Å². The maximum atomic E-state index is 8.90. The van der Waals surface area contributed by atoms with Crippen LogP contribution < -0.4 is 15.0 Å². The Balaban J connectivity index is 1.41. The molecule has 8 nitrogen and oxygen atoms in total. The maximum absolute atomic E-state index is 8.90. The highest BCUT2D eigenvalue weighted by Gasteiger charge is 2.22. The van der Waals surface area contributed by atoms with Gasteiger partial charge in [0, 0.05) is 50.8 Å². The van der Waals surface area contributed by atoms with Gasteiger partial charge in [0.2, 0.25) is 0 Å². The van der Waals surface area contributed by atoms with Gasteiger partial charge in [-0.1, -0.05) is 41.5 Å². The molecule has 0 amide bonds. The molecule has 9 heteroatoms. The molecule has 5 rings (SSSR count). The molecular formula is C28H30ClN7O. The molecule has 1 fully saturated rings. The van der Waals surface area contributed by atoms with Gasteiger partial charge in [-0.2, -0.15) is 15.2 Å². The summed E-state index contributed by atoms with van der Waals surface area (Å²) in [6, 6.07) is 8.32. The first-order valence-electron chi connectivity index (χ1n) is 12.6. The van der Waals surface area contributed by atoms with E-state index >= 15 is 0 Å². The number of halogens is 1. The number of anilines is 2. The predicted molar refractivity (Wildman–Crippen MR) is 149 cm³/mol. The molecule has 1 aromatic carbocycles. The van der Waals surface area contributed by atoms with Crippen molar-refractivity contribution in [3.8, 4) is 17.8 Å². The third-order valence-corrected chi connectivity index (χ3v) is 7.00. The molecule has 0 bridgehead atoms. The molecule has 1 N–H and O–H groups in total. The molecular weight excluding hydrogens is 486 g/mol. The summed E-state index contributed by atoms with van der Waals surface area (Å²) in [5, 5.41) is 12.8. The summed E-state index contributed by atoms with van der Waals surface area (Å²) in [5.74, 6) is 2.67. The van der Waals surface area contributed by atoms with Crippen molar-refractivity contribution in [2.24, 2.45) is 4.99 Å². The van der Waals surface area contributed by atoms with Gasteiger partial charge in [-0.3, -0.25) is 9.89 Å². The topological polar surface area (TPSA) is 89.7 Å². The van der Waals surface area contributed by atoms with Crippen molar-refractivity contribution >= 4 is 35.1 Å². The third kappa shape index (κ3) is 5.85. The summed E-state index contributed by atoms with van der Waals surface area (Å²) in [6.07, 6.45) is 9.62. The van der Waals surface area contributed by atoms with Crippen LogP contribution in [0.25, 0.3) is 6.08 Å². The van der Waals surface area contributed by atoms with E-state index in [1.165, 1.54) is 11.1 Å². The Hall–Kier alpha value is -3.67. The van der Waals surface area contributed by atoms with Crippen molar-refractivity contribution in [3.05, 3.63) is 63.7 Å². The van der Waals surface area contributed by atoms with E-state index in [0.717, 1.165) is 61.9 Å². The van der Waals surface area contributed by atoms with Crippen molar-refractivity contribution in [1.82, 2.24) is 14.9 Å². The van der Waals surface area contributed by atoms with Gasteiger partial charge in [0.25, 0.3) is 0 Å². The third-order valence-electron chi connectivity index (χ3n) is 6.62. The summed E-state index contributed by atoms with van der Waals surface area (Å²) >= 11 is 6.73. The van der Waals surface area contributed by atoms with Crippen molar-refractivity contribution in [2.75, 3.05) is 49.5 Å². The minimum absolute atomic E-state index is 0.226. The summed E-state index contributed by atoms with van der Waals surface area (Å²) in [5.41, 5.74) is 4.61. The number of rotatable bonds is 7. The van der Waals surface area contributed by atoms with Crippen LogP contribution in [-0.4, -0.2) is 60.0 Å². The predicted octanol–water partition coefficient (Wildman–Crippen LogP) is 5.24. The summed E-state index contributed by atoms with van der Waals surface area (Å²) in [4.78, 5) is 18.5. The molecule has 1 saturated heterocycles. The molecule has 1 aromatic heterocycles. The van der Waals surface area contributed by atoms with Crippen LogP contribution in [0.2, 0.25) is 5.02 Å². The van der Waals surface area contributed by atoms with E-state index in [1.807, 2.05) is 37.3 Å². The lowest BCUT2D eigenvalue weighted by Crippen LogP contribution is -2.46. The molecule has 0 unspecified atom stereocenters. The number of hydrogen-bond donors (Lipinski definition) is 1. The lowest BCUT2D eigenvalue weighted by atomic mass is 10.1. The zero-order valence-electron chi connectivity index (χ0n) is 21.2. The average molecular weight is 516 g/mol. The number of hydrogen-bond acceptors (Lipinski definition) is 8. The highest BCUT2D eigenvalue weighted by Crippen LogP contribution is 2.38. The number of aliphatic imine (C=N–C) groups is 1. The van der Waals surface area contributed by atoms with Crippen LogP contribution in [0.3, 0.4) is 0 Å². The van der Waals surface area contributed by atoms with Gasteiger partial charge >= 0.3 is 6.01 Å². The van der Waals surface area contributed by atoms with Gasteiger partial charge < -0.3 is 15.0 Å². The number of piperazine rings is 1. The fraction of sp³-hybridized carbons (Fsp3) is 0.357. The quantitative estimate of drug-likeness (QED) is 0.539. The Labute approximate surface area is 222 Å². The maximum Gasteiger partial charge on any atom is 0.325 e. The number of fused-ring (bicyclic) bond motifs is 1. The lowest BCUT2D eigenvalue weighted by Gasteiger charge is -2.35. The number of nitrogens with zero attached hydrogens (tertiary/aromatic N) is 6. The van der Waals surface area contributed by atoms with Crippen LogP contribution in [0, 0.1) is 11.3 Å². The second kappa shape index (κ2) is 11.2. The Bertz CT molecular complexity index is 1350. The van der Waals surface area contributed by atoms with Crippen molar-refractivity contribution in [1.29, 1.82) is 5.26 Å². The van der Waals surface area contributed by atoms with Gasteiger partial charge in [0.1, 0.15) is 23.2 Å². The molecule has 0 spiro atoms. The first-order chi connectivity index (χ1) is 18.0. The fourth-order valence-corrected chi connectivity index (χ4v) is 5.03. The molecule has 3 aliphatic rings. The van der Waals surface area contributed by atoms with Gasteiger partial charge in [0.05, 0.1) is 17.6 Å². The zero-order valence-corrected chi connectivity index (χ0v) is 21.9. The SMILES string of the molecule is C/C=C/C1=CC(Nc2cc(N3CCN(CCC#N)CC3)nc(Oc3ccc4c(c3Cl)C=C(C)C4)n2)=NC1. The summed E-state index contributed by atoms with van der Waals surface area (Å²) < 4.78 is 6.18. The molecule has 3 heterocycles. The number of benzene rings is 1. The van der Waals surface area contributed by atoms with E-state index < -0.39 is 0 Å². The molecule has 2 aliphatic heterocycles. The molecule has 0 atom stereocenters. The fourth-order valence-electron chi connectivity index (χ4n) is 4.76. The minimum Gasteiger partial charge on any atom is -0.423 e. The van der Waals surface area contributed by atoms with E-state index in [4.69, 9.17) is 26.6 Å². The number of amidine groups is 1. The van der Waals surface area contributed by atoms with Gasteiger partial charge in [-0.05, 0) is 43.5 Å². The van der Waals surface area contributed by atoms with Crippen molar-refractivity contribution in [2.45, 2.75) is 26.7 Å². The molecule has 0 radical (unpaired) electrons. The first-order valence-corrected chi connectivity index (χ1v) is 12.9. The van der Waals surface area contributed by atoms with Crippen molar-refractivity contribution in [3.63, 3.8) is 0 Å². The minimum atomic E-state index is 0.226.